The molecule has 0 aromatic heterocycles. The fourth-order valence-corrected chi connectivity index (χ4v) is 1.45. The van der Waals surface area contributed by atoms with Crippen LogP contribution in [0.5, 0.6) is 0 Å². The van der Waals surface area contributed by atoms with E-state index in [0.717, 1.165) is 11.6 Å². The molecule has 0 saturated carbocycles. The molecule has 0 unspecified atom stereocenters. The normalized spacial score (nSPS) is 15.2. The van der Waals surface area contributed by atoms with Crippen LogP contribution in [0.4, 0.5) is 4.39 Å². The second-order valence-corrected chi connectivity index (χ2v) is 3.36. The zero-order valence-corrected chi connectivity index (χ0v) is 8.00. The Morgan fingerprint density at radius 3 is 2.53 bits per heavy atom. The number of aryl methyl sites for hydroxylation is 1. The van der Waals surface area contributed by atoms with E-state index in [0.29, 0.717) is 0 Å². The van der Waals surface area contributed by atoms with Crippen molar-refractivity contribution in [3.63, 3.8) is 0 Å². The van der Waals surface area contributed by atoms with Crippen LogP contribution in [0.3, 0.4) is 0 Å². The molecule has 1 aromatic rings. The molecule has 3 nitrogen and oxygen atoms in total. The van der Waals surface area contributed by atoms with Crippen molar-refractivity contribution < 1.29 is 14.0 Å². The molecule has 0 spiro atoms. The van der Waals surface area contributed by atoms with Gasteiger partial charge in [-0.1, -0.05) is 12.1 Å². The van der Waals surface area contributed by atoms with Crippen LogP contribution < -0.4 is 5.32 Å². The van der Waals surface area contributed by atoms with Gasteiger partial charge in [-0.25, -0.2) is 4.39 Å². The molecule has 4 heteroatoms. The number of imide groups is 1. The maximum atomic E-state index is 13.5. The summed E-state index contributed by atoms with van der Waals surface area (Å²) in [5, 5.41) is 2.07. The van der Waals surface area contributed by atoms with Crippen molar-refractivity contribution in [2.24, 2.45) is 0 Å². The van der Waals surface area contributed by atoms with Crippen LogP contribution >= 0.6 is 0 Å². The third-order valence-corrected chi connectivity index (χ3v) is 2.17. The van der Waals surface area contributed by atoms with Crippen molar-refractivity contribution in [1.29, 1.82) is 0 Å². The van der Waals surface area contributed by atoms with Crippen LogP contribution in [0, 0.1) is 12.7 Å². The summed E-state index contributed by atoms with van der Waals surface area (Å²) >= 11 is 0. The van der Waals surface area contributed by atoms with E-state index < -0.39 is 17.6 Å². The number of carbonyl (C=O) groups is 2. The lowest BCUT2D eigenvalue weighted by Gasteiger charge is -2.02. The summed E-state index contributed by atoms with van der Waals surface area (Å²) < 4.78 is 13.5. The number of amides is 2. The Labute approximate surface area is 85.6 Å². The summed E-state index contributed by atoms with van der Waals surface area (Å²) in [5.74, 6) is -1.55. The summed E-state index contributed by atoms with van der Waals surface area (Å²) in [5.41, 5.74) is 1.00. The third-order valence-electron chi connectivity index (χ3n) is 2.17. The Balaban J connectivity index is 2.51. The van der Waals surface area contributed by atoms with Gasteiger partial charge in [0.25, 0.3) is 11.8 Å². The molecule has 1 heterocycles. The second-order valence-electron chi connectivity index (χ2n) is 3.36. The predicted octanol–water partition coefficient (Wildman–Crippen LogP) is 1.17. The number of halogens is 1. The van der Waals surface area contributed by atoms with Gasteiger partial charge in [0, 0.05) is 11.6 Å². The fourth-order valence-electron chi connectivity index (χ4n) is 1.45. The quantitative estimate of drug-likeness (QED) is 0.699. The average Bonchev–Trinajstić information content (AvgIpc) is 2.45. The van der Waals surface area contributed by atoms with Crippen molar-refractivity contribution in [2.75, 3.05) is 0 Å². The van der Waals surface area contributed by atoms with Gasteiger partial charge in [0.05, 0.1) is 5.57 Å². The largest absolute Gasteiger partial charge is 0.289 e. The van der Waals surface area contributed by atoms with Gasteiger partial charge >= 0.3 is 0 Å². The third kappa shape index (κ3) is 1.66. The fraction of sp³-hybridized carbons (Fsp3) is 0.0909. The lowest BCUT2D eigenvalue weighted by Crippen LogP contribution is -2.21. The zero-order valence-electron chi connectivity index (χ0n) is 8.00. The predicted molar refractivity (Wildman–Crippen MR) is 52.3 cm³/mol. The summed E-state index contributed by atoms with van der Waals surface area (Å²) in [6.45, 7) is 1.75. The van der Waals surface area contributed by atoms with Gasteiger partial charge in [0.1, 0.15) is 5.82 Å². The first-order valence-electron chi connectivity index (χ1n) is 4.41. The molecule has 15 heavy (non-hydrogen) atoms. The highest BCUT2D eigenvalue weighted by Gasteiger charge is 2.24. The highest BCUT2D eigenvalue weighted by atomic mass is 19.1. The van der Waals surface area contributed by atoms with Crippen LogP contribution in [0.1, 0.15) is 11.1 Å². The molecule has 0 fully saturated rings. The molecule has 0 atom stereocenters. The zero-order chi connectivity index (χ0) is 11.0. The summed E-state index contributed by atoms with van der Waals surface area (Å²) in [6.07, 6.45) is 1.11. The Morgan fingerprint density at radius 1 is 1.27 bits per heavy atom. The first-order chi connectivity index (χ1) is 7.08. The maximum Gasteiger partial charge on any atom is 0.259 e. The van der Waals surface area contributed by atoms with Crippen LogP contribution in [-0.4, -0.2) is 11.8 Å². The highest BCUT2D eigenvalue weighted by molar-refractivity contribution is 6.33. The Bertz CT molecular complexity index is 491. The Hall–Kier alpha value is -1.97. The van der Waals surface area contributed by atoms with E-state index in [9.17, 15) is 14.0 Å². The van der Waals surface area contributed by atoms with Crippen molar-refractivity contribution in [2.45, 2.75) is 6.92 Å². The number of hydrogen-bond donors (Lipinski definition) is 1. The van der Waals surface area contributed by atoms with Gasteiger partial charge in [-0.2, -0.15) is 0 Å². The van der Waals surface area contributed by atoms with Gasteiger partial charge in [-0.3, -0.25) is 14.9 Å². The number of rotatable bonds is 1. The molecule has 76 valence electrons. The van der Waals surface area contributed by atoms with Crippen LogP contribution in [0.2, 0.25) is 0 Å². The SMILES string of the molecule is Cc1ccc(C2=CC(=O)NC2=O)c(F)c1. The smallest absolute Gasteiger partial charge is 0.259 e. The number of carbonyl (C=O) groups excluding carboxylic acids is 2. The number of benzene rings is 1. The molecule has 1 N–H and O–H groups in total. The van der Waals surface area contributed by atoms with E-state index in [1.807, 2.05) is 0 Å². The minimum Gasteiger partial charge on any atom is -0.289 e. The summed E-state index contributed by atoms with van der Waals surface area (Å²) in [7, 11) is 0. The second kappa shape index (κ2) is 3.31. The number of nitrogens with one attached hydrogen (secondary N) is 1. The van der Waals surface area contributed by atoms with E-state index in [4.69, 9.17) is 0 Å². The molecule has 1 aromatic carbocycles. The van der Waals surface area contributed by atoms with Gasteiger partial charge in [-0.05, 0) is 18.6 Å². The molecule has 1 aliphatic heterocycles. The first kappa shape index (κ1) is 9.58. The standard InChI is InChI=1S/C11H8FNO2/c1-6-2-3-7(9(12)4-6)8-5-10(14)13-11(8)15/h2-5H,1H3,(H,13,14,15). The van der Waals surface area contributed by atoms with E-state index in [1.54, 1.807) is 13.0 Å². The molecule has 0 bridgehead atoms. The van der Waals surface area contributed by atoms with E-state index in [-0.39, 0.29) is 11.1 Å². The van der Waals surface area contributed by atoms with Crippen LogP contribution in [-0.2, 0) is 9.59 Å². The monoisotopic (exact) mass is 205 g/mol. The topological polar surface area (TPSA) is 46.2 Å². The van der Waals surface area contributed by atoms with E-state index in [2.05, 4.69) is 5.32 Å². The van der Waals surface area contributed by atoms with Crippen molar-refractivity contribution in [1.82, 2.24) is 5.32 Å². The van der Waals surface area contributed by atoms with Crippen molar-refractivity contribution in [3.05, 3.63) is 41.2 Å². The molecular formula is C11H8FNO2. The van der Waals surface area contributed by atoms with E-state index in [1.165, 1.54) is 12.1 Å². The van der Waals surface area contributed by atoms with Crippen molar-refractivity contribution >= 4 is 17.4 Å². The molecular weight excluding hydrogens is 197 g/mol. The minimum atomic E-state index is -0.553. The van der Waals surface area contributed by atoms with Crippen LogP contribution in [0.25, 0.3) is 5.57 Å². The molecule has 2 rings (SSSR count). The molecule has 0 radical (unpaired) electrons. The lowest BCUT2D eigenvalue weighted by atomic mass is 10.0. The Morgan fingerprint density at radius 2 is 2.00 bits per heavy atom. The molecule has 0 aliphatic carbocycles. The average molecular weight is 205 g/mol. The number of hydrogen-bond acceptors (Lipinski definition) is 2. The minimum absolute atomic E-state index is 0.0810. The molecule has 1 aliphatic rings. The van der Waals surface area contributed by atoms with Gasteiger partial charge in [0.2, 0.25) is 0 Å². The van der Waals surface area contributed by atoms with Crippen LogP contribution in [0.15, 0.2) is 24.3 Å². The first-order valence-corrected chi connectivity index (χ1v) is 4.41. The summed E-state index contributed by atoms with van der Waals surface area (Å²) in [4.78, 5) is 22.1. The van der Waals surface area contributed by atoms with Gasteiger partial charge < -0.3 is 0 Å². The van der Waals surface area contributed by atoms with Gasteiger partial charge in [-0.15, -0.1) is 0 Å². The molecule has 0 saturated heterocycles. The van der Waals surface area contributed by atoms with Gasteiger partial charge in [0.15, 0.2) is 0 Å². The Kier molecular flexibility index (Phi) is 2.11. The molecule has 2 amide bonds. The maximum absolute atomic E-state index is 13.5. The van der Waals surface area contributed by atoms with Crippen molar-refractivity contribution in [3.8, 4) is 0 Å². The summed E-state index contributed by atoms with van der Waals surface area (Å²) in [6, 6.07) is 4.51. The lowest BCUT2D eigenvalue weighted by molar-refractivity contribution is -0.123. The highest BCUT2D eigenvalue weighted by Crippen LogP contribution is 2.21. The van der Waals surface area contributed by atoms with E-state index >= 15 is 0 Å².